The van der Waals surface area contributed by atoms with Crippen molar-refractivity contribution in [1.29, 1.82) is 0 Å². The van der Waals surface area contributed by atoms with Gasteiger partial charge in [0.05, 0.1) is 15.8 Å². The Labute approximate surface area is 98.1 Å². The SMILES string of the molecule is CC(C)(O)[C@@H](O)C[C@@]1(C)SCCCS1=O. The molecule has 1 saturated heterocycles. The Balaban J connectivity index is 2.66. The molecule has 1 unspecified atom stereocenters. The van der Waals surface area contributed by atoms with Crippen molar-refractivity contribution in [3.05, 3.63) is 0 Å². The molecule has 1 aliphatic rings. The highest BCUT2D eigenvalue weighted by Crippen LogP contribution is 2.39. The van der Waals surface area contributed by atoms with Crippen LogP contribution < -0.4 is 0 Å². The summed E-state index contributed by atoms with van der Waals surface area (Å²) in [6, 6.07) is 0. The van der Waals surface area contributed by atoms with Crippen LogP contribution in [0.1, 0.15) is 33.6 Å². The second-order valence-electron chi connectivity index (χ2n) is 4.76. The summed E-state index contributed by atoms with van der Waals surface area (Å²) in [5, 5.41) is 19.5. The first-order valence-corrected chi connectivity index (χ1v) is 7.49. The van der Waals surface area contributed by atoms with Crippen LogP contribution in [0.5, 0.6) is 0 Å². The lowest BCUT2D eigenvalue weighted by atomic mass is 9.98. The van der Waals surface area contributed by atoms with E-state index in [0.717, 1.165) is 12.2 Å². The van der Waals surface area contributed by atoms with Crippen molar-refractivity contribution in [3.8, 4) is 0 Å². The highest BCUT2D eigenvalue weighted by Gasteiger charge is 2.40. The average Bonchev–Trinajstić information content (AvgIpc) is 2.09. The van der Waals surface area contributed by atoms with E-state index in [0.29, 0.717) is 12.2 Å². The summed E-state index contributed by atoms with van der Waals surface area (Å²) in [5.41, 5.74) is -1.12. The predicted molar refractivity (Wildman–Crippen MR) is 65.4 cm³/mol. The molecule has 3 nitrogen and oxygen atoms in total. The van der Waals surface area contributed by atoms with Crippen LogP contribution >= 0.6 is 11.8 Å². The number of aliphatic hydroxyl groups is 2. The molecular weight excluding hydrogens is 232 g/mol. The zero-order valence-corrected chi connectivity index (χ0v) is 11.2. The second-order valence-corrected chi connectivity index (χ2v) is 8.62. The van der Waals surface area contributed by atoms with Crippen LogP contribution in [0, 0.1) is 0 Å². The molecule has 90 valence electrons. The molecule has 0 aromatic heterocycles. The summed E-state index contributed by atoms with van der Waals surface area (Å²) >= 11 is 1.65. The first kappa shape index (κ1) is 13.5. The van der Waals surface area contributed by atoms with Gasteiger partial charge in [0.15, 0.2) is 0 Å². The molecule has 0 spiro atoms. The molecule has 0 saturated carbocycles. The standard InChI is InChI=1S/C10H20O3S2/c1-9(2,12)8(11)7-10(3)14-5-4-6-15(10)13/h8,11-12H,4-7H2,1-3H3/t8-,10-,15?/m0/s1. The van der Waals surface area contributed by atoms with E-state index in [4.69, 9.17) is 0 Å². The quantitative estimate of drug-likeness (QED) is 0.790. The van der Waals surface area contributed by atoms with Gasteiger partial charge in [0.1, 0.15) is 0 Å². The maximum Gasteiger partial charge on any atom is 0.0906 e. The molecule has 0 aromatic carbocycles. The number of hydrogen-bond acceptors (Lipinski definition) is 4. The van der Waals surface area contributed by atoms with E-state index in [1.54, 1.807) is 25.6 Å². The number of thioether (sulfide) groups is 1. The molecule has 1 aliphatic heterocycles. The van der Waals surface area contributed by atoms with Crippen molar-refractivity contribution in [3.63, 3.8) is 0 Å². The van der Waals surface area contributed by atoms with Crippen molar-refractivity contribution in [2.24, 2.45) is 0 Å². The third-order valence-electron chi connectivity index (χ3n) is 2.74. The van der Waals surface area contributed by atoms with Gasteiger partial charge in [-0.25, -0.2) is 0 Å². The first-order chi connectivity index (χ1) is 6.76. The fourth-order valence-electron chi connectivity index (χ4n) is 1.51. The summed E-state index contributed by atoms with van der Waals surface area (Å²) < 4.78 is 11.5. The van der Waals surface area contributed by atoms with Crippen LogP contribution in [0.3, 0.4) is 0 Å². The van der Waals surface area contributed by atoms with Crippen molar-refractivity contribution in [2.75, 3.05) is 11.5 Å². The third-order valence-corrected chi connectivity index (χ3v) is 6.71. The fraction of sp³-hybridized carbons (Fsp3) is 1.00. The van der Waals surface area contributed by atoms with Gasteiger partial charge >= 0.3 is 0 Å². The van der Waals surface area contributed by atoms with E-state index in [1.807, 2.05) is 6.92 Å². The number of rotatable bonds is 3. The van der Waals surface area contributed by atoms with Gasteiger partial charge in [-0.05, 0) is 32.9 Å². The van der Waals surface area contributed by atoms with E-state index >= 15 is 0 Å². The molecule has 0 radical (unpaired) electrons. The topological polar surface area (TPSA) is 57.5 Å². The minimum absolute atomic E-state index is 0.383. The number of aliphatic hydroxyl groups excluding tert-OH is 1. The van der Waals surface area contributed by atoms with Gasteiger partial charge in [-0.1, -0.05) is 0 Å². The van der Waals surface area contributed by atoms with Gasteiger partial charge in [-0.3, -0.25) is 4.21 Å². The monoisotopic (exact) mass is 252 g/mol. The van der Waals surface area contributed by atoms with E-state index in [1.165, 1.54) is 0 Å². The third kappa shape index (κ3) is 3.44. The normalized spacial score (nSPS) is 35.1. The number of hydrogen-bond donors (Lipinski definition) is 2. The van der Waals surface area contributed by atoms with Crippen molar-refractivity contribution in [1.82, 2.24) is 0 Å². The molecule has 15 heavy (non-hydrogen) atoms. The molecule has 1 rings (SSSR count). The highest BCUT2D eigenvalue weighted by molar-refractivity contribution is 8.13. The van der Waals surface area contributed by atoms with Crippen LogP contribution in [0.4, 0.5) is 0 Å². The van der Waals surface area contributed by atoms with Gasteiger partial charge < -0.3 is 10.2 Å². The Bertz CT molecular complexity index is 250. The molecule has 2 N–H and O–H groups in total. The zero-order valence-electron chi connectivity index (χ0n) is 9.52. The Morgan fingerprint density at radius 2 is 2.20 bits per heavy atom. The lowest BCUT2D eigenvalue weighted by Gasteiger charge is -2.36. The van der Waals surface area contributed by atoms with Crippen LogP contribution in [0.2, 0.25) is 0 Å². The van der Waals surface area contributed by atoms with E-state index in [2.05, 4.69) is 0 Å². The van der Waals surface area contributed by atoms with Crippen LogP contribution in [0.15, 0.2) is 0 Å². The van der Waals surface area contributed by atoms with Crippen molar-refractivity contribution < 1.29 is 14.4 Å². The molecule has 0 bridgehead atoms. The Morgan fingerprint density at radius 3 is 2.67 bits per heavy atom. The molecule has 3 atom stereocenters. The first-order valence-electron chi connectivity index (χ1n) is 5.18. The average molecular weight is 252 g/mol. The van der Waals surface area contributed by atoms with Gasteiger partial charge in [0.2, 0.25) is 0 Å². The molecular formula is C10H20O3S2. The van der Waals surface area contributed by atoms with E-state index in [9.17, 15) is 14.4 Å². The highest BCUT2D eigenvalue weighted by atomic mass is 32.2. The minimum atomic E-state index is -1.12. The molecule has 1 fully saturated rings. The van der Waals surface area contributed by atoms with Crippen LogP contribution in [-0.2, 0) is 10.8 Å². The van der Waals surface area contributed by atoms with Crippen LogP contribution in [-0.4, -0.2) is 41.7 Å². The Hall–Kier alpha value is 0.420. The van der Waals surface area contributed by atoms with Crippen LogP contribution in [0.25, 0.3) is 0 Å². The van der Waals surface area contributed by atoms with Crippen molar-refractivity contribution in [2.45, 2.75) is 49.4 Å². The fourth-order valence-corrected chi connectivity index (χ4v) is 4.90. The Morgan fingerprint density at radius 1 is 1.60 bits per heavy atom. The largest absolute Gasteiger partial charge is 0.390 e. The summed E-state index contributed by atoms with van der Waals surface area (Å²) in [5.74, 6) is 1.70. The smallest absolute Gasteiger partial charge is 0.0906 e. The summed E-state index contributed by atoms with van der Waals surface area (Å²) in [6.07, 6.45) is 0.538. The van der Waals surface area contributed by atoms with E-state index in [-0.39, 0.29) is 0 Å². The molecule has 1 heterocycles. The summed E-state index contributed by atoms with van der Waals surface area (Å²) in [6.45, 7) is 5.08. The van der Waals surface area contributed by atoms with Gasteiger partial charge in [0.25, 0.3) is 0 Å². The summed E-state index contributed by atoms with van der Waals surface area (Å²) in [4.78, 5) is 0. The summed E-state index contributed by atoms with van der Waals surface area (Å²) in [7, 11) is -0.907. The Kier molecular flexibility index (Phi) is 4.26. The van der Waals surface area contributed by atoms with Gasteiger partial charge in [-0.2, -0.15) is 0 Å². The van der Waals surface area contributed by atoms with Gasteiger partial charge in [-0.15, -0.1) is 11.8 Å². The molecule has 5 heteroatoms. The lowest BCUT2D eigenvalue weighted by Crippen LogP contribution is -2.44. The maximum absolute atomic E-state index is 11.9. The lowest BCUT2D eigenvalue weighted by molar-refractivity contribution is -0.0520. The predicted octanol–water partition coefficient (Wildman–Crippen LogP) is 1.11. The molecule has 0 aromatic rings. The van der Waals surface area contributed by atoms with Gasteiger partial charge in [0, 0.05) is 23.0 Å². The maximum atomic E-state index is 11.9. The second kappa shape index (κ2) is 4.73. The molecule has 0 amide bonds. The van der Waals surface area contributed by atoms with E-state index < -0.39 is 26.6 Å². The zero-order chi connectivity index (χ0) is 11.7. The van der Waals surface area contributed by atoms with Crippen molar-refractivity contribution >= 4 is 22.6 Å². The minimum Gasteiger partial charge on any atom is -0.390 e. The molecule has 0 aliphatic carbocycles.